The van der Waals surface area contributed by atoms with Gasteiger partial charge in [0.15, 0.2) is 5.11 Å². The molecule has 0 spiro atoms. The third-order valence-electron chi connectivity index (χ3n) is 3.51. The van der Waals surface area contributed by atoms with Crippen molar-refractivity contribution in [3.8, 4) is 0 Å². The molecule has 0 amide bonds. The first-order chi connectivity index (χ1) is 9.28. The molecule has 104 valence electrons. The molecular weight excluding hydrogens is 254 g/mol. The van der Waals surface area contributed by atoms with E-state index < -0.39 is 0 Å². The van der Waals surface area contributed by atoms with E-state index in [1.807, 2.05) is 0 Å². The number of piperidine rings is 1. The molecule has 0 aromatic heterocycles. The van der Waals surface area contributed by atoms with E-state index in [-0.39, 0.29) is 0 Å². The molecule has 1 heterocycles. The molecule has 0 aliphatic carbocycles. The van der Waals surface area contributed by atoms with Crippen LogP contribution in [0.4, 0.5) is 0 Å². The number of nitrogens with zero attached hydrogens (tertiary/aromatic N) is 1. The van der Waals surface area contributed by atoms with Gasteiger partial charge < -0.3 is 10.6 Å². The minimum absolute atomic E-state index is 0.526. The summed E-state index contributed by atoms with van der Waals surface area (Å²) in [5.74, 6) is 0. The minimum Gasteiger partial charge on any atom is -0.363 e. The Morgan fingerprint density at radius 3 is 2.58 bits per heavy atom. The quantitative estimate of drug-likeness (QED) is 0.825. The van der Waals surface area contributed by atoms with Crippen LogP contribution < -0.4 is 10.6 Å². The van der Waals surface area contributed by atoms with Crippen molar-refractivity contribution in [1.82, 2.24) is 15.5 Å². The summed E-state index contributed by atoms with van der Waals surface area (Å²) in [4.78, 5) is 2.52. The molecule has 0 radical (unpaired) electrons. The third-order valence-corrected chi connectivity index (χ3v) is 3.77. The van der Waals surface area contributed by atoms with Gasteiger partial charge in [-0.25, -0.2) is 0 Å². The molecule has 4 heteroatoms. The summed E-state index contributed by atoms with van der Waals surface area (Å²) in [6.07, 6.45) is 2.33. The van der Waals surface area contributed by atoms with Gasteiger partial charge in [-0.05, 0) is 37.5 Å². The first kappa shape index (κ1) is 14.3. The molecule has 0 atom stereocenters. The van der Waals surface area contributed by atoms with E-state index in [4.69, 9.17) is 12.2 Å². The molecule has 0 bridgehead atoms. The van der Waals surface area contributed by atoms with Crippen molar-refractivity contribution in [2.45, 2.75) is 32.4 Å². The second-order valence-corrected chi connectivity index (χ2v) is 5.45. The number of benzene rings is 1. The molecular formula is C15H23N3S. The maximum atomic E-state index is 5.23. The highest BCUT2D eigenvalue weighted by Gasteiger charge is 2.19. The Hall–Kier alpha value is -1.13. The Kier molecular flexibility index (Phi) is 5.61. The van der Waals surface area contributed by atoms with Gasteiger partial charge in [0, 0.05) is 32.2 Å². The average Bonchev–Trinajstić information content (AvgIpc) is 2.42. The summed E-state index contributed by atoms with van der Waals surface area (Å²) in [5.41, 5.74) is 1.40. The van der Waals surface area contributed by atoms with Gasteiger partial charge in [0.2, 0.25) is 0 Å². The van der Waals surface area contributed by atoms with Crippen LogP contribution in [0.2, 0.25) is 0 Å². The van der Waals surface area contributed by atoms with Crippen molar-refractivity contribution in [3.05, 3.63) is 35.9 Å². The SMILES string of the molecule is CCNC(=S)NC1CCN(Cc2ccccc2)CC1. The van der Waals surface area contributed by atoms with E-state index in [0.29, 0.717) is 6.04 Å². The number of thiocarbonyl (C=S) groups is 1. The first-order valence-corrected chi connectivity index (χ1v) is 7.49. The normalized spacial score (nSPS) is 17.1. The predicted octanol–water partition coefficient (Wildman–Crippen LogP) is 2.13. The van der Waals surface area contributed by atoms with Crippen LogP contribution >= 0.6 is 12.2 Å². The van der Waals surface area contributed by atoms with Gasteiger partial charge >= 0.3 is 0 Å². The molecule has 1 fully saturated rings. The van der Waals surface area contributed by atoms with Crippen LogP contribution in [0.1, 0.15) is 25.3 Å². The van der Waals surface area contributed by atoms with Crippen molar-refractivity contribution < 1.29 is 0 Å². The fraction of sp³-hybridized carbons (Fsp3) is 0.533. The maximum absolute atomic E-state index is 5.23. The third kappa shape index (κ3) is 4.80. The maximum Gasteiger partial charge on any atom is 0.166 e. The molecule has 1 aromatic rings. The largest absolute Gasteiger partial charge is 0.363 e. The standard InChI is InChI=1S/C15H23N3S/c1-2-16-15(19)17-14-8-10-18(11-9-14)12-13-6-4-3-5-7-13/h3-7,14H,2,8-12H2,1H3,(H2,16,17,19). The zero-order chi connectivity index (χ0) is 13.5. The van der Waals surface area contributed by atoms with E-state index in [1.54, 1.807) is 0 Å². The Morgan fingerprint density at radius 2 is 1.95 bits per heavy atom. The fourth-order valence-corrected chi connectivity index (χ4v) is 2.79. The smallest absolute Gasteiger partial charge is 0.166 e. The molecule has 0 saturated carbocycles. The van der Waals surface area contributed by atoms with Crippen molar-refractivity contribution >= 4 is 17.3 Å². The van der Waals surface area contributed by atoms with Crippen LogP contribution in [-0.4, -0.2) is 35.7 Å². The molecule has 1 aliphatic heterocycles. The van der Waals surface area contributed by atoms with Crippen molar-refractivity contribution in [2.24, 2.45) is 0 Å². The van der Waals surface area contributed by atoms with Gasteiger partial charge in [-0.1, -0.05) is 30.3 Å². The highest BCUT2D eigenvalue weighted by atomic mass is 32.1. The predicted molar refractivity (Wildman–Crippen MR) is 84.2 cm³/mol. The van der Waals surface area contributed by atoms with Crippen LogP contribution in [0.3, 0.4) is 0 Å². The Labute approximate surface area is 121 Å². The van der Waals surface area contributed by atoms with Gasteiger partial charge in [-0.15, -0.1) is 0 Å². The number of nitrogens with one attached hydrogen (secondary N) is 2. The molecule has 1 aliphatic rings. The van der Waals surface area contributed by atoms with E-state index in [2.05, 4.69) is 52.8 Å². The highest BCUT2D eigenvalue weighted by Crippen LogP contribution is 2.13. The summed E-state index contributed by atoms with van der Waals surface area (Å²) in [5, 5.41) is 7.34. The van der Waals surface area contributed by atoms with E-state index in [9.17, 15) is 0 Å². The van der Waals surface area contributed by atoms with Crippen LogP contribution in [0, 0.1) is 0 Å². The molecule has 2 rings (SSSR count). The lowest BCUT2D eigenvalue weighted by Gasteiger charge is -2.32. The van der Waals surface area contributed by atoms with Crippen molar-refractivity contribution in [2.75, 3.05) is 19.6 Å². The number of rotatable bonds is 4. The Bertz CT molecular complexity index is 386. The van der Waals surface area contributed by atoms with Gasteiger partial charge in [0.25, 0.3) is 0 Å². The first-order valence-electron chi connectivity index (χ1n) is 7.08. The second kappa shape index (κ2) is 7.46. The highest BCUT2D eigenvalue weighted by molar-refractivity contribution is 7.80. The van der Waals surface area contributed by atoms with Crippen LogP contribution in [0.15, 0.2) is 30.3 Å². The number of likely N-dealkylation sites (tertiary alicyclic amines) is 1. The zero-order valence-corrected chi connectivity index (χ0v) is 12.4. The monoisotopic (exact) mass is 277 g/mol. The van der Waals surface area contributed by atoms with Gasteiger partial charge in [0.05, 0.1) is 0 Å². The summed E-state index contributed by atoms with van der Waals surface area (Å²) in [6.45, 7) is 6.29. The summed E-state index contributed by atoms with van der Waals surface area (Å²) >= 11 is 5.23. The van der Waals surface area contributed by atoms with Gasteiger partial charge in [-0.2, -0.15) is 0 Å². The molecule has 1 aromatic carbocycles. The number of hydrogen-bond acceptors (Lipinski definition) is 2. The lowest BCUT2D eigenvalue weighted by Crippen LogP contribution is -2.47. The Balaban J connectivity index is 1.72. The summed E-state index contributed by atoms with van der Waals surface area (Å²) in [6, 6.07) is 11.2. The minimum atomic E-state index is 0.526. The van der Waals surface area contributed by atoms with E-state index >= 15 is 0 Å². The number of hydrogen-bond donors (Lipinski definition) is 2. The fourth-order valence-electron chi connectivity index (χ4n) is 2.47. The summed E-state index contributed by atoms with van der Waals surface area (Å²) < 4.78 is 0. The second-order valence-electron chi connectivity index (χ2n) is 5.04. The van der Waals surface area contributed by atoms with Crippen molar-refractivity contribution in [1.29, 1.82) is 0 Å². The van der Waals surface area contributed by atoms with Crippen molar-refractivity contribution in [3.63, 3.8) is 0 Å². The van der Waals surface area contributed by atoms with Crippen LogP contribution in [0.5, 0.6) is 0 Å². The average molecular weight is 277 g/mol. The molecule has 2 N–H and O–H groups in total. The molecule has 0 unspecified atom stereocenters. The molecule has 1 saturated heterocycles. The van der Waals surface area contributed by atoms with Crippen LogP contribution in [0.25, 0.3) is 0 Å². The molecule has 19 heavy (non-hydrogen) atoms. The van der Waals surface area contributed by atoms with E-state index in [1.165, 1.54) is 18.4 Å². The van der Waals surface area contributed by atoms with Crippen LogP contribution in [-0.2, 0) is 6.54 Å². The zero-order valence-electron chi connectivity index (χ0n) is 11.6. The molecule has 3 nitrogen and oxygen atoms in total. The lowest BCUT2D eigenvalue weighted by atomic mass is 10.0. The van der Waals surface area contributed by atoms with E-state index in [0.717, 1.165) is 31.3 Å². The van der Waals surface area contributed by atoms with Gasteiger partial charge in [-0.3, -0.25) is 4.90 Å². The summed E-state index contributed by atoms with van der Waals surface area (Å²) in [7, 11) is 0. The Morgan fingerprint density at radius 1 is 1.26 bits per heavy atom. The lowest BCUT2D eigenvalue weighted by molar-refractivity contribution is 0.199. The van der Waals surface area contributed by atoms with Gasteiger partial charge in [0.1, 0.15) is 0 Å². The topological polar surface area (TPSA) is 27.3 Å².